The lowest BCUT2D eigenvalue weighted by Crippen LogP contribution is -2.46. The number of hydrogen-bond donors (Lipinski definition) is 0. The SMILES string of the molecule is CC(C)(C)N(Cc1ccccc1)C(=O)COC(=O)c1ccc(Cl)nc1. The Labute approximate surface area is 152 Å². The molecule has 0 unspecified atom stereocenters. The largest absolute Gasteiger partial charge is 0.452 e. The summed E-state index contributed by atoms with van der Waals surface area (Å²) in [7, 11) is 0. The highest BCUT2D eigenvalue weighted by Crippen LogP contribution is 2.18. The van der Waals surface area contributed by atoms with Crippen LogP contribution in [0.3, 0.4) is 0 Å². The Morgan fingerprint density at radius 3 is 2.36 bits per heavy atom. The van der Waals surface area contributed by atoms with Gasteiger partial charge < -0.3 is 9.64 Å². The van der Waals surface area contributed by atoms with E-state index in [9.17, 15) is 9.59 Å². The van der Waals surface area contributed by atoms with Crippen LogP contribution < -0.4 is 0 Å². The summed E-state index contributed by atoms with van der Waals surface area (Å²) in [4.78, 5) is 30.1. The molecule has 0 aliphatic heterocycles. The monoisotopic (exact) mass is 360 g/mol. The minimum Gasteiger partial charge on any atom is -0.452 e. The molecule has 2 rings (SSSR count). The molecule has 0 radical (unpaired) electrons. The molecule has 0 aliphatic carbocycles. The molecule has 1 aromatic carbocycles. The Bertz CT molecular complexity index is 725. The van der Waals surface area contributed by atoms with Crippen LogP contribution in [0.4, 0.5) is 0 Å². The van der Waals surface area contributed by atoms with E-state index in [0.717, 1.165) is 5.56 Å². The van der Waals surface area contributed by atoms with Crippen LogP contribution in [0.5, 0.6) is 0 Å². The van der Waals surface area contributed by atoms with Crippen LogP contribution in [0.25, 0.3) is 0 Å². The number of halogens is 1. The van der Waals surface area contributed by atoms with Gasteiger partial charge in [0.1, 0.15) is 5.15 Å². The third kappa shape index (κ3) is 5.57. The summed E-state index contributed by atoms with van der Waals surface area (Å²) >= 11 is 5.69. The number of benzene rings is 1. The second-order valence-electron chi connectivity index (χ2n) is 6.58. The lowest BCUT2D eigenvalue weighted by atomic mass is 10.0. The number of carbonyl (C=O) groups excluding carboxylic acids is 2. The van der Waals surface area contributed by atoms with Crippen LogP contribution >= 0.6 is 11.6 Å². The van der Waals surface area contributed by atoms with Gasteiger partial charge in [0.05, 0.1) is 5.56 Å². The molecule has 132 valence electrons. The first-order valence-corrected chi connectivity index (χ1v) is 8.28. The summed E-state index contributed by atoms with van der Waals surface area (Å²) in [6, 6.07) is 12.7. The molecule has 1 aromatic heterocycles. The van der Waals surface area contributed by atoms with Crippen LogP contribution in [0.15, 0.2) is 48.7 Å². The molecule has 0 atom stereocenters. The maximum absolute atomic E-state index is 12.6. The molecule has 0 aliphatic rings. The van der Waals surface area contributed by atoms with Gasteiger partial charge in [0.2, 0.25) is 0 Å². The van der Waals surface area contributed by atoms with E-state index >= 15 is 0 Å². The van der Waals surface area contributed by atoms with Gasteiger partial charge in [0.25, 0.3) is 5.91 Å². The number of ether oxygens (including phenoxy) is 1. The highest BCUT2D eigenvalue weighted by molar-refractivity contribution is 6.29. The van der Waals surface area contributed by atoms with Crippen LogP contribution in [-0.2, 0) is 16.1 Å². The van der Waals surface area contributed by atoms with Crippen LogP contribution in [-0.4, -0.2) is 33.9 Å². The zero-order valence-corrected chi connectivity index (χ0v) is 15.3. The second kappa shape index (κ2) is 8.12. The molecule has 2 aromatic rings. The molecule has 0 fully saturated rings. The van der Waals surface area contributed by atoms with E-state index in [0.29, 0.717) is 6.54 Å². The summed E-state index contributed by atoms with van der Waals surface area (Å²) < 4.78 is 5.13. The van der Waals surface area contributed by atoms with Crippen molar-refractivity contribution in [2.45, 2.75) is 32.9 Å². The summed E-state index contributed by atoms with van der Waals surface area (Å²) in [6.45, 7) is 5.95. The number of aromatic nitrogens is 1. The molecule has 0 N–H and O–H groups in total. The normalized spacial score (nSPS) is 11.0. The molecule has 0 saturated carbocycles. The smallest absolute Gasteiger partial charge is 0.340 e. The van der Waals surface area contributed by atoms with Crippen molar-refractivity contribution in [3.63, 3.8) is 0 Å². The molecule has 5 nitrogen and oxygen atoms in total. The molecule has 1 amide bonds. The van der Waals surface area contributed by atoms with Gasteiger partial charge in [-0.1, -0.05) is 41.9 Å². The van der Waals surface area contributed by atoms with Crippen LogP contribution in [0.2, 0.25) is 5.15 Å². The van der Waals surface area contributed by atoms with Crippen LogP contribution in [0, 0.1) is 0 Å². The van der Waals surface area contributed by atoms with Crippen molar-refractivity contribution < 1.29 is 14.3 Å². The topological polar surface area (TPSA) is 59.5 Å². The van der Waals surface area contributed by atoms with Gasteiger partial charge in [-0.3, -0.25) is 4.79 Å². The van der Waals surface area contributed by atoms with Crippen molar-refractivity contribution in [3.05, 3.63) is 64.9 Å². The Morgan fingerprint density at radius 2 is 1.80 bits per heavy atom. The fourth-order valence-electron chi connectivity index (χ4n) is 2.25. The standard InChI is InChI=1S/C19H21ClN2O3/c1-19(2,3)22(12-14-7-5-4-6-8-14)17(23)13-25-18(24)15-9-10-16(20)21-11-15/h4-11H,12-13H2,1-3H3. The predicted octanol–water partition coefficient (Wildman–Crippen LogP) is 3.72. The maximum atomic E-state index is 12.6. The average molecular weight is 361 g/mol. The number of nitrogens with zero attached hydrogens (tertiary/aromatic N) is 2. The third-order valence-electron chi connectivity index (χ3n) is 3.58. The highest BCUT2D eigenvalue weighted by atomic mass is 35.5. The van der Waals surface area contributed by atoms with Gasteiger partial charge in [-0.05, 0) is 38.5 Å². The van der Waals surface area contributed by atoms with Crippen molar-refractivity contribution in [2.24, 2.45) is 0 Å². The fourth-order valence-corrected chi connectivity index (χ4v) is 2.36. The fraction of sp³-hybridized carbons (Fsp3) is 0.316. The summed E-state index contributed by atoms with van der Waals surface area (Å²) in [5.41, 5.74) is 0.864. The van der Waals surface area contributed by atoms with E-state index in [1.165, 1.54) is 18.3 Å². The number of hydrogen-bond acceptors (Lipinski definition) is 4. The Kier molecular flexibility index (Phi) is 6.15. The van der Waals surface area contributed by atoms with E-state index in [4.69, 9.17) is 16.3 Å². The lowest BCUT2D eigenvalue weighted by molar-refractivity contribution is -0.140. The van der Waals surface area contributed by atoms with Gasteiger partial charge >= 0.3 is 5.97 Å². The van der Waals surface area contributed by atoms with Gasteiger partial charge in [0, 0.05) is 18.3 Å². The molecular formula is C19H21ClN2O3. The third-order valence-corrected chi connectivity index (χ3v) is 3.81. The predicted molar refractivity (Wildman–Crippen MR) is 96.3 cm³/mol. The van der Waals surface area contributed by atoms with E-state index < -0.39 is 11.5 Å². The van der Waals surface area contributed by atoms with Crippen molar-refractivity contribution in [3.8, 4) is 0 Å². The summed E-state index contributed by atoms with van der Waals surface area (Å²) in [5, 5.41) is 0.286. The highest BCUT2D eigenvalue weighted by Gasteiger charge is 2.27. The summed E-state index contributed by atoms with van der Waals surface area (Å²) in [6.07, 6.45) is 1.32. The minimum atomic E-state index is -0.605. The molecule has 0 saturated heterocycles. The molecule has 0 bridgehead atoms. The van der Waals surface area contributed by atoms with E-state index in [1.807, 2.05) is 51.1 Å². The number of esters is 1. The second-order valence-corrected chi connectivity index (χ2v) is 6.97. The van der Waals surface area contributed by atoms with Crippen molar-refractivity contribution >= 4 is 23.5 Å². The zero-order chi connectivity index (χ0) is 18.4. The Hall–Kier alpha value is -2.40. The van der Waals surface area contributed by atoms with E-state index in [-0.39, 0.29) is 23.2 Å². The van der Waals surface area contributed by atoms with E-state index in [1.54, 1.807) is 4.90 Å². The first-order chi connectivity index (χ1) is 11.8. The van der Waals surface area contributed by atoms with Crippen molar-refractivity contribution in [1.29, 1.82) is 0 Å². The van der Waals surface area contributed by atoms with Gasteiger partial charge in [-0.25, -0.2) is 9.78 Å². The Balaban J connectivity index is 2.02. The number of amides is 1. The van der Waals surface area contributed by atoms with Gasteiger partial charge in [0.15, 0.2) is 6.61 Å². The number of rotatable bonds is 5. The molecule has 25 heavy (non-hydrogen) atoms. The van der Waals surface area contributed by atoms with Gasteiger partial charge in [-0.15, -0.1) is 0 Å². The van der Waals surface area contributed by atoms with Crippen molar-refractivity contribution in [2.75, 3.05) is 6.61 Å². The minimum absolute atomic E-state index is 0.252. The van der Waals surface area contributed by atoms with Crippen LogP contribution in [0.1, 0.15) is 36.7 Å². The van der Waals surface area contributed by atoms with Crippen molar-refractivity contribution in [1.82, 2.24) is 9.88 Å². The first kappa shape index (κ1) is 18.9. The quantitative estimate of drug-likeness (QED) is 0.602. The molecular weight excluding hydrogens is 340 g/mol. The molecule has 0 spiro atoms. The number of carbonyl (C=O) groups is 2. The zero-order valence-electron chi connectivity index (χ0n) is 14.5. The van der Waals surface area contributed by atoms with E-state index in [2.05, 4.69) is 4.98 Å². The Morgan fingerprint density at radius 1 is 1.12 bits per heavy atom. The van der Waals surface area contributed by atoms with Gasteiger partial charge in [-0.2, -0.15) is 0 Å². The molecule has 6 heteroatoms. The summed E-state index contributed by atoms with van der Waals surface area (Å²) in [5.74, 6) is -0.863. The number of pyridine rings is 1. The first-order valence-electron chi connectivity index (χ1n) is 7.90. The maximum Gasteiger partial charge on any atom is 0.340 e. The lowest BCUT2D eigenvalue weighted by Gasteiger charge is -2.35. The molecule has 1 heterocycles. The average Bonchev–Trinajstić information content (AvgIpc) is 2.58.